The zero-order chi connectivity index (χ0) is 13.1. The van der Waals surface area contributed by atoms with Crippen molar-refractivity contribution < 1.29 is 9.18 Å². The molecule has 2 nitrogen and oxygen atoms in total. The first-order valence-corrected chi connectivity index (χ1v) is 7.45. The standard InChI is InChI=1S/C13H14BrClFNO/c14-6-7-17(10-2-1-3-10)13(18)11-5-4-9(16)8-12(11)15/h4-5,8,10H,1-3,6-7H2. The molecule has 0 radical (unpaired) electrons. The van der Waals surface area contributed by atoms with Crippen molar-refractivity contribution in [3.05, 3.63) is 34.6 Å². The van der Waals surface area contributed by atoms with Crippen LogP contribution in [0.2, 0.25) is 5.02 Å². The number of hydrogen-bond donors (Lipinski definition) is 0. The van der Waals surface area contributed by atoms with E-state index < -0.39 is 5.82 Å². The zero-order valence-corrected chi connectivity index (χ0v) is 12.2. The SMILES string of the molecule is O=C(c1ccc(F)cc1Cl)N(CCBr)C1CCC1. The van der Waals surface area contributed by atoms with Gasteiger partial charge in [-0.3, -0.25) is 4.79 Å². The molecule has 0 aliphatic heterocycles. The minimum absolute atomic E-state index is 0.107. The lowest BCUT2D eigenvalue weighted by Gasteiger charge is -2.37. The van der Waals surface area contributed by atoms with Gasteiger partial charge in [0.15, 0.2) is 0 Å². The Labute approximate surface area is 119 Å². The lowest BCUT2D eigenvalue weighted by molar-refractivity contribution is 0.0599. The lowest BCUT2D eigenvalue weighted by atomic mass is 9.91. The van der Waals surface area contributed by atoms with Crippen molar-refractivity contribution in [3.8, 4) is 0 Å². The fourth-order valence-electron chi connectivity index (χ4n) is 2.06. The summed E-state index contributed by atoms with van der Waals surface area (Å²) in [5.74, 6) is -0.531. The number of carbonyl (C=O) groups is 1. The number of halogens is 3. The summed E-state index contributed by atoms with van der Waals surface area (Å²) in [5, 5.41) is 0.910. The minimum Gasteiger partial charge on any atom is -0.335 e. The molecule has 5 heteroatoms. The van der Waals surface area contributed by atoms with E-state index in [1.54, 1.807) is 0 Å². The second kappa shape index (κ2) is 6.02. The van der Waals surface area contributed by atoms with Crippen LogP contribution in [-0.2, 0) is 0 Å². The monoisotopic (exact) mass is 333 g/mol. The number of benzene rings is 1. The number of hydrogen-bond acceptors (Lipinski definition) is 1. The maximum atomic E-state index is 13.0. The smallest absolute Gasteiger partial charge is 0.255 e. The molecule has 0 aromatic heterocycles. The molecule has 2 rings (SSSR count). The highest BCUT2D eigenvalue weighted by Crippen LogP contribution is 2.28. The molecule has 0 heterocycles. The molecule has 0 spiro atoms. The van der Waals surface area contributed by atoms with Crippen molar-refractivity contribution >= 4 is 33.4 Å². The van der Waals surface area contributed by atoms with Gasteiger partial charge in [0, 0.05) is 17.9 Å². The van der Waals surface area contributed by atoms with Crippen LogP contribution in [0.25, 0.3) is 0 Å². The number of carbonyl (C=O) groups excluding carboxylic acids is 1. The number of nitrogens with zero attached hydrogens (tertiary/aromatic N) is 1. The first kappa shape index (κ1) is 13.8. The predicted molar refractivity (Wildman–Crippen MR) is 73.9 cm³/mol. The van der Waals surface area contributed by atoms with Gasteiger partial charge < -0.3 is 4.90 Å². The molecule has 1 amide bonds. The average Bonchev–Trinajstić information content (AvgIpc) is 2.25. The quantitative estimate of drug-likeness (QED) is 0.766. The van der Waals surface area contributed by atoms with Crippen molar-refractivity contribution in [2.24, 2.45) is 0 Å². The molecule has 1 aliphatic carbocycles. The summed E-state index contributed by atoms with van der Waals surface area (Å²) in [7, 11) is 0. The van der Waals surface area contributed by atoms with E-state index in [0.717, 1.165) is 24.6 Å². The van der Waals surface area contributed by atoms with E-state index >= 15 is 0 Å². The topological polar surface area (TPSA) is 20.3 Å². The Balaban J connectivity index is 2.21. The van der Waals surface area contributed by atoms with Crippen LogP contribution in [-0.4, -0.2) is 28.7 Å². The number of rotatable bonds is 4. The predicted octanol–water partition coefficient (Wildman–Crippen LogP) is 3.87. The van der Waals surface area contributed by atoms with Crippen LogP contribution in [0.3, 0.4) is 0 Å². The summed E-state index contributed by atoms with van der Waals surface area (Å²) in [5.41, 5.74) is 0.380. The molecule has 0 bridgehead atoms. The summed E-state index contributed by atoms with van der Waals surface area (Å²) < 4.78 is 13.0. The Morgan fingerprint density at radius 2 is 2.22 bits per heavy atom. The normalized spacial score (nSPS) is 15.3. The Bertz CT molecular complexity index is 451. The third kappa shape index (κ3) is 2.86. The van der Waals surface area contributed by atoms with Gasteiger partial charge in [0.2, 0.25) is 0 Å². The van der Waals surface area contributed by atoms with Crippen LogP contribution in [0, 0.1) is 5.82 Å². The first-order valence-electron chi connectivity index (χ1n) is 5.95. The van der Waals surface area contributed by atoms with E-state index in [1.807, 2.05) is 4.90 Å². The molecule has 18 heavy (non-hydrogen) atoms. The molecule has 0 atom stereocenters. The Hall–Kier alpha value is -0.610. The maximum absolute atomic E-state index is 13.0. The molecule has 0 N–H and O–H groups in total. The second-order valence-corrected chi connectivity index (χ2v) is 5.60. The molecular formula is C13H14BrClFNO. The highest BCUT2D eigenvalue weighted by molar-refractivity contribution is 9.09. The molecule has 1 aromatic carbocycles. The minimum atomic E-state index is -0.424. The van der Waals surface area contributed by atoms with E-state index in [2.05, 4.69) is 15.9 Å². The Kier molecular flexibility index (Phi) is 4.62. The Morgan fingerprint density at radius 1 is 1.50 bits per heavy atom. The molecule has 1 aliphatic rings. The zero-order valence-electron chi connectivity index (χ0n) is 9.83. The van der Waals surface area contributed by atoms with E-state index in [4.69, 9.17) is 11.6 Å². The van der Waals surface area contributed by atoms with Gasteiger partial charge in [-0.25, -0.2) is 4.39 Å². The van der Waals surface area contributed by atoms with Crippen LogP contribution in [0.5, 0.6) is 0 Å². The third-order valence-corrected chi connectivity index (χ3v) is 3.93. The van der Waals surface area contributed by atoms with Crippen LogP contribution in [0.1, 0.15) is 29.6 Å². The summed E-state index contributed by atoms with van der Waals surface area (Å²) in [6.07, 6.45) is 3.24. The number of amides is 1. The van der Waals surface area contributed by atoms with Crippen molar-refractivity contribution in [1.82, 2.24) is 4.90 Å². The largest absolute Gasteiger partial charge is 0.335 e. The lowest BCUT2D eigenvalue weighted by Crippen LogP contribution is -2.45. The van der Waals surface area contributed by atoms with Gasteiger partial charge in [0.25, 0.3) is 5.91 Å². The fraction of sp³-hybridized carbons (Fsp3) is 0.462. The highest BCUT2D eigenvalue weighted by atomic mass is 79.9. The maximum Gasteiger partial charge on any atom is 0.255 e. The summed E-state index contributed by atoms with van der Waals surface area (Å²) in [4.78, 5) is 14.2. The summed E-state index contributed by atoms with van der Waals surface area (Å²) >= 11 is 9.29. The van der Waals surface area contributed by atoms with Gasteiger partial charge >= 0.3 is 0 Å². The van der Waals surface area contributed by atoms with Gasteiger partial charge in [-0.1, -0.05) is 27.5 Å². The highest BCUT2D eigenvalue weighted by Gasteiger charge is 2.29. The van der Waals surface area contributed by atoms with Gasteiger partial charge in [-0.2, -0.15) is 0 Å². The van der Waals surface area contributed by atoms with Crippen LogP contribution < -0.4 is 0 Å². The van der Waals surface area contributed by atoms with E-state index in [1.165, 1.54) is 18.2 Å². The Morgan fingerprint density at radius 3 is 2.72 bits per heavy atom. The first-order chi connectivity index (χ1) is 8.63. The molecule has 1 saturated carbocycles. The van der Waals surface area contributed by atoms with E-state index in [0.29, 0.717) is 18.2 Å². The molecule has 0 saturated heterocycles. The summed E-state index contributed by atoms with van der Waals surface area (Å²) in [6.45, 7) is 0.650. The summed E-state index contributed by atoms with van der Waals surface area (Å²) in [6, 6.07) is 4.21. The van der Waals surface area contributed by atoms with Gasteiger partial charge in [0.1, 0.15) is 5.82 Å². The second-order valence-electron chi connectivity index (χ2n) is 4.40. The van der Waals surface area contributed by atoms with E-state index in [9.17, 15) is 9.18 Å². The van der Waals surface area contributed by atoms with Crippen LogP contribution in [0.15, 0.2) is 18.2 Å². The molecule has 98 valence electrons. The van der Waals surface area contributed by atoms with Crippen LogP contribution in [0.4, 0.5) is 4.39 Å². The van der Waals surface area contributed by atoms with Crippen molar-refractivity contribution in [1.29, 1.82) is 0 Å². The van der Waals surface area contributed by atoms with Gasteiger partial charge in [0.05, 0.1) is 10.6 Å². The van der Waals surface area contributed by atoms with Crippen molar-refractivity contribution in [2.75, 3.05) is 11.9 Å². The van der Waals surface area contributed by atoms with Crippen LogP contribution >= 0.6 is 27.5 Å². The molecule has 1 aromatic rings. The molecule has 1 fully saturated rings. The van der Waals surface area contributed by atoms with Gasteiger partial charge in [-0.15, -0.1) is 0 Å². The third-order valence-electron chi connectivity index (χ3n) is 3.26. The fourth-order valence-corrected chi connectivity index (χ4v) is 2.69. The van der Waals surface area contributed by atoms with Crippen molar-refractivity contribution in [2.45, 2.75) is 25.3 Å². The van der Waals surface area contributed by atoms with Gasteiger partial charge in [-0.05, 0) is 37.5 Å². The molecular weight excluding hydrogens is 321 g/mol. The van der Waals surface area contributed by atoms with Crippen molar-refractivity contribution in [3.63, 3.8) is 0 Å². The number of alkyl halides is 1. The molecule has 0 unspecified atom stereocenters. The van der Waals surface area contributed by atoms with E-state index in [-0.39, 0.29) is 10.9 Å². The average molecular weight is 335 g/mol.